The number of nitrogens with one attached hydrogen (secondary N) is 1. The van der Waals surface area contributed by atoms with Crippen molar-refractivity contribution < 1.29 is 4.74 Å². The van der Waals surface area contributed by atoms with Gasteiger partial charge in [0.1, 0.15) is 5.75 Å². The Morgan fingerprint density at radius 2 is 2.00 bits per heavy atom. The van der Waals surface area contributed by atoms with E-state index < -0.39 is 0 Å². The molecule has 1 aromatic carbocycles. The fraction of sp³-hybridized carbons (Fsp3) is 0.667. The summed E-state index contributed by atoms with van der Waals surface area (Å²) in [6.07, 6.45) is 6.64. The molecule has 0 aromatic heterocycles. The van der Waals surface area contributed by atoms with E-state index >= 15 is 0 Å². The number of rotatable bonds is 8. The van der Waals surface area contributed by atoms with Gasteiger partial charge in [0.05, 0.1) is 7.11 Å². The van der Waals surface area contributed by atoms with E-state index in [1.165, 1.54) is 31.2 Å². The topological polar surface area (TPSA) is 24.5 Å². The first-order valence-electron chi connectivity index (χ1n) is 8.32. The first kappa shape index (κ1) is 16.3. The van der Waals surface area contributed by atoms with Crippen molar-refractivity contribution in [1.82, 2.24) is 10.2 Å². The molecule has 21 heavy (non-hydrogen) atoms. The summed E-state index contributed by atoms with van der Waals surface area (Å²) in [6.45, 7) is 4.38. The van der Waals surface area contributed by atoms with Crippen LogP contribution >= 0.6 is 0 Å². The van der Waals surface area contributed by atoms with Crippen LogP contribution in [0, 0.1) is 0 Å². The van der Waals surface area contributed by atoms with E-state index in [1.807, 2.05) is 12.1 Å². The molecule has 0 bridgehead atoms. The largest absolute Gasteiger partial charge is 0.496 e. The highest BCUT2D eigenvalue weighted by molar-refractivity contribution is 5.35. The van der Waals surface area contributed by atoms with Gasteiger partial charge in [-0.3, -0.25) is 0 Å². The van der Waals surface area contributed by atoms with Gasteiger partial charge in [0.15, 0.2) is 0 Å². The second-order valence-corrected chi connectivity index (χ2v) is 6.08. The zero-order valence-electron chi connectivity index (χ0n) is 13.8. The van der Waals surface area contributed by atoms with Crippen molar-refractivity contribution in [2.45, 2.75) is 51.1 Å². The van der Waals surface area contributed by atoms with E-state index in [-0.39, 0.29) is 0 Å². The number of hydrogen-bond acceptors (Lipinski definition) is 3. The maximum absolute atomic E-state index is 5.49. The van der Waals surface area contributed by atoms with Gasteiger partial charge in [-0.15, -0.1) is 0 Å². The van der Waals surface area contributed by atoms with Crippen molar-refractivity contribution in [1.29, 1.82) is 0 Å². The standard InChI is InChI=1S/C18H30N2O/c1-4-17(16-11-7-8-12-18(16)21-3)19-13-14-20(2)15-9-5-6-10-15/h7-8,11-12,15,17,19H,4-6,9-10,13-14H2,1-3H3. The number of ether oxygens (including phenoxy) is 1. The molecule has 1 aliphatic rings. The highest BCUT2D eigenvalue weighted by Gasteiger charge is 2.19. The molecule has 1 saturated carbocycles. The Balaban J connectivity index is 1.84. The number of para-hydroxylation sites is 1. The van der Waals surface area contributed by atoms with Crippen molar-refractivity contribution in [2.75, 3.05) is 27.2 Å². The van der Waals surface area contributed by atoms with Crippen LogP contribution in [0.15, 0.2) is 24.3 Å². The summed E-state index contributed by atoms with van der Waals surface area (Å²) < 4.78 is 5.49. The molecule has 0 radical (unpaired) electrons. The molecule has 1 atom stereocenters. The lowest BCUT2D eigenvalue weighted by Gasteiger charge is -2.26. The second-order valence-electron chi connectivity index (χ2n) is 6.08. The van der Waals surface area contributed by atoms with Crippen molar-refractivity contribution >= 4 is 0 Å². The molecule has 0 heterocycles. The van der Waals surface area contributed by atoms with Gasteiger partial charge in [-0.2, -0.15) is 0 Å². The Hall–Kier alpha value is -1.06. The molecule has 1 unspecified atom stereocenters. The molecule has 3 heteroatoms. The molecule has 1 aromatic rings. The third-order valence-corrected chi connectivity index (χ3v) is 4.73. The molecule has 1 N–H and O–H groups in total. The predicted octanol–water partition coefficient (Wildman–Crippen LogP) is 3.61. The van der Waals surface area contributed by atoms with Crippen LogP contribution in [-0.4, -0.2) is 38.2 Å². The summed E-state index contributed by atoms with van der Waals surface area (Å²) in [7, 11) is 4.02. The van der Waals surface area contributed by atoms with Crippen LogP contribution < -0.4 is 10.1 Å². The lowest BCUT2D eigenvalue weighted by Crippen LogP contribution is -2.36. The van der Waals surface area contributed by atoms with Crippen LogP contribution in [0.2, 0.25) is 0 Å². The van der Waals surface area contributed by atoms with Gasteiger partial charge in [0.2, 0.25) is 0 Å². The van der Waals surface area contributed by atoms with E-state index in [0.717, 1.165) is 31.3 Å². The van der Waals surface area contributed by atoms with Crippen molar-refractivity contribution in [3.8, 4) is 5.75 Å². The van der Waals surface area contributed by atoms with Crippen molar-refractivity contribution in [2.24, 2.45) is 0 Å². The van der Waals surface area contributed by atoms with Crippen molar-refractivity contribution in [3.63, 3.8) is 0 Å². The van der Waals surface area contributed by atoms with E-state index in [1.54, 1.807) is 7.11 Å². The van der Waals surface area contributed by atoms with Crippen LogP contribution in [0.4, 0.5) is 0 Å². The third kappa shape index (κ3) is 4.45. The average Bonchev–Trinajstić information content (AvgIpc) is 3.06. The molecule has 1 aliphatic carbocycles. The second kappa shape index (κ2) is 8.40. The molecule has 0 amide bonds. The smallest absolute Gasteiger partial charge is 0.123 e. The van der Waals surface area contributed by atoms with E-state index in [2.05, 4.69) is 36.3 Å². The van der Waals surface area contributed by atoms with E-state index in [4.69, 9.17) is 4.74 Å². The van der Waals surface area contributed by atoms with Gasteiger partial charge >= 0.3 is 0 Å². The maximum atomic E-state index is 5.49. The highest BCUT2D eigenvalue weighted by Crippen LogP contribution is 2.27. The molecule has 1 fully saturated rings. The van der Waals surface area contributed by atoms with Crippen molar-refractivity contribution in [3.05, 3.63) is 29.8 Å². The fourth-order valence-electron chi connectivity index (χ4n) is 3.37. The first-order chi connectivity index (χ1) is 10.3. The molecule has 0 spiro atoms. The molecule has 0 aliphatic heterocycles. The van der Waals surface area contributed by atoms with Gasteiger partial charge in [-0.25, -0.2) is 0 Å². The summed E-state index contributed by atoms with van der Waals surface area (Å²) >= 11 is 0. The molecule has 2 rings (SSSR count). The summed E-state index contributed by atoms with van der Waals surface area (Å²) in [6, 6.07) is 9.51. The van der Waals surface area contributed by atoms with E-state index in [0.29, 0.717) is 6.04 Å². The van der Waals surface area contributed by atoms with Crippen LogP contribution in [0.3, 0.4) is 0 Å². The van der Waals surface area contributed by atoms with Gasteiger partial charge < -0.3 is 15.0 Å². The van der Waals surface area contributed by atoms with Crippen LogP contribution in [0.5, 0.6) is 5.75 Å². The highest BCUT2D eigenvalue weighted by atomic mass is 16.5. The minimum atomic E-state index is 0.373. The lowest BCUT2D eigenvalue weighted by atomic mass is 10.0. The Morgan fingerprint density at radius 1 is 1.29 bits per heavy atom. The molecular weight excluding hydrogens is 260 g/mol. The summed E-state index contributed by atoms with van der Waals surface area (Å²) in [5.41, 5.74) is 1.27. The van der Waals surface area contributed by atoms with Gasteiger partial charge in [-0.1, -0.05) is 38.0 Å². The normalized spacial score (nSPS) is 17.3. The average molecular weight is 290 g/mol. The third-order valence-electron chi connectivity index (χ3n) is 4.73. The number of benzene rings is 1. The predicted molar refractivity (Wildman–Crippen MR) is 88.9 cm³/mol. The van der Waals surface area contributed by atoms with Gasteiger partial charge in [0.25, 0.3) is 0 Å². The summed E-state index contributed by atoms with van der Waals surface area (Å²) in [5, 5.41) is 3.69. The Bertz CT molecular complexity index is 415. The molecule has 3 nitrogen and oxygen atoms in total. The molecular formula is C18H30N2O. The maximum Gasteiger partial charge on any atom is 0.123 e. The quantitative estimate of drug-likeness (QED) is 0.791. The van der Waals surface area contributed by atoms with E-state index in [9.17, 15) is 0 Å². The number of hydrogen-bond donors (Lipinski definition) is 1. The number of methoxy groups -OCH3 is 1. The number of likely N-dealkylation sites (N-methyl/N-ethyl adjacent to an activating group) is 1. The minimum Gasteiger partial charge on any atom is -0.496 e. The Labute approximate surface area is 129 Å². The zero-order chi connectivity index (χ0) is 15.1. The molecule has 118 valence electrons. The zero-order valence-corrected chi connectivity index (χ0v) is 13.8. The van der Waals surface area contributed by atoms with Crippen LogP contribution in [0.25, 0.3) is 0 Å². The Kier molecular flexibility index (Phi) is 6.52. The first-order valence-corrected chi connectivity index (χ1v) is 8.32. The lowest BCUT2D eigenvalue weighted by molar-refractivity contribution is 0.241. The van der Waals surface area contributed by atoms with Gasteiger partial charge in [-0.05, 0) is 32.4 Å². The van der Waals surface area contributed by atoms with Gasteiger partial charge in [0, 0.05) is 30.7 Å². The molecule has 0 saturated heterocycles. The monoisotopic (exact) mass is 290 g/mol. The fourth-order valence-corrected chi connectivity index (χ4v) is 3.37. The minimum absolute atomic E-state index is 0.373. The SMILES string of the molecule is CCC(NCCN(C)C1CCCC1)c1ccccc1OC. The summed E-state index contributed by atoms with van der Waals surface area (Å²) in [5.74, 6) is 0.987. The van der Waals surface area contributed by atoms with Crippen LogP contribution in [-0.2, 0) is 0 Å². The summed E-state index contributed by atoms with van der Waals surface area (Å²) in [4.78, 5) is 2.52. The van der Waals surface area contributed by atoms with Crippen LogP contribution in [0.1, 0.15) is 50.6 Å². The Morgan fingerprint density at radius 3 is 2.67 bits per heavy atom. The number of nitrogens with zero attached hydrogens (tertiary/aromatic N) is 1.